The number of rotatable bonds is 8. The number of alkyl halides is 2. The average Bonchev–Trinajstić information content (AvgIpc) is 2.34. The van der Waals surface area contributed by atoms with Crippen molar-refractivity contribution in [2.45, 2.75) is 13.0 Å². The molecular weight excluding hydrogens is 326 g/mol. The van der Waals surface area contributed by atoms with Gasteiger partial charge in [-0.1, -0.05) is 15.9 Å². The van der Waals surface area contributed by atoms with Crippen LogP contribution in [0.15, 0.2) is 22.7 Å². The SMILES string of the molecule is O=[N+]([O-])c1cc(Br)ccc1CNCCOCC(F)F. The number of nitro benzene ring substituents is 1. The van der Waals surface area contributed by atoms with Crippen molar-refractivity contribution < 1.29 is 18.4 Å². The molecule has 8 heteroatoms. The number of hydrogen-bond acceptors (Lipinski definition) is 4. The monoisotopic (exact) mass is 338 g/mol. The van der Waals surface area contributed by atoms with Crippen LogP contribution >= 0.6 is 15.9 Å². The van der Waals surface area contributed by atoms with Crippen molar-refractivity contribution in [3.8, 4) is 0 Å². The molecule has 1 aromatic rings. The fourth-order valence-corrected chi connectivity index (χ4v) is 1.75. The third-order valence-corrected chi connectivity index (χ3v) is 2.72. The minimum Gasteiger partial charge on any atom is -0.374 e. The molecule has 106 valence electrons. The highest BCUT2D eigenvalue weighted by molar-refractivity contribution is 9.10. The van der Waals surface area contributed by atoms with E-state index in [1.54, 1.807) is 12.1 Å². The van der Waals surface area contributed by atoms with E-state index in [2.05, 4.69) is 26.0 Å². The molecule has 0 radical (unpaired) electrons. The fourth-order valence-electron chi connectivity index (χ4n) is 1.40. The molecule has 0 heterocycles. The van der Waals surface area contributed by atoms with E-state index in [9.17, 15) is 18.9 Å². The second kappa shape index (κ2) is 8.13. The Bertz CT molecular complexity index is 432. The quantitative estimate of drug-likeness (QED) is 0.449. The molecule has 0 amide bonds. The van der Waals surface area contributed by atoms with Crippen molar-refractivity contribution in [2.24, 2.45) is 0 Å². The van der Waals surface area contributed by atoms with E-state index < -0.39 is 18.0 Å². The number of nitro groups is 1. The van der Waals surface area contributed by atoms with Crippen molar-refractivity contribution in [2.75, 3.05) is 19.8 Å². The summed E-state index contributed by atoms with van der Waals surface area (Å²) >= 11 is 3.16. The van der Waals surface area contributed by atoms with Crippen LogP contribution in [0, 0.1) is 10.1 Å². The van der Waals surface area contributed by atoms with E-state index in [-0.39, 0.29) is 18.8 Å². The zero-order valence-corrected chi connectivity index (χ0v) is 11.5. The predicted octanol–water partition coefficient (Wildman–Crippen LogP) is 2.73. The number of nitrogens with one attached hydrogen (secondary N) is 1. The molecule has 0 atom stereocenters. The van der Waals surface area contributed by atoms with Gasteiger partial charge >= 0.3 is 0 Å². The molecule has 19 heavy (non-hydrogen) atoms. The van der Waals surface area contributed by atoms with Gasteiger partial charge in [-0.2, -0.15) is 0 Å². The molecule has 1 rings (SSSR count). The molecule has 0 aliphatic heterocycles. The molecule has 0 aliphatic rings. The lowest BCUT2D eigenvalue weighted by atomic mass is 10.2. The van der Waals surface area contributed by atoms with Gasteiger partial charge in [-0.05, 0) is 12.1 Å². The zero-order valence-electron chi connectivity index (χ0n) is 9.94. The summed E-state index contributed by atoms with van der Waals surface area (Å²) in [5, 5.41) is 13.7. The second-order valence-electron chi connectivity index (χ2n) is 3.67. The van der Waals surface area contributed by atoms with E-state index in [0.29, 0.717) is 16.6 Å². The maximum atomic E-state index is 11.8. The van der Waals surface area contributed by atoms with Gasteiger partial charge < -0.3 is 10.1 Å². The Balaban J connectivity index is 2.39. The summed E-state index contributed by atoms with van der Waals surface area (Å²) in [4.78, 5) is 10.4. The van der Waals surface area contributed by atoms with Gasteiger partial charge in [-0.15, -0.1) is 0 Å². The molecule has 0 saturated carbocycles. The van der Waals surface area contributed by atoms with Gasteiger partial charge in [0.05, 0.1) is 11.5 Å². The third-order valence-electron chi connectivity index (χ3n) is 2.23. The summed E-state index contributed by atoms with van der Waals surface area (Å²) in [7, 11) is 0. The number of benzene rings is 1. The lowest BCUT2D eigenvalue weighted by molar-refractivity contribution is -0.385. The van der Waals surface area contributed by atoms with E-state index in [1.807, 2.05) is 0 Å². The normalized spacial score (nSPS) is 10.9. The van der Waals surface area contributed by atoms with Crippen molar-refractivity contribution in [1.29, 1.82) is 0 Å². The maximum absolute atomic E-state index is 11.8. The lowest BCUT2D eigenvalue weighted by Crippen LogP contribution is -2.21. The van der Waals surface area contributed by atoms with Gasteiger partial charge in [0, 0.05) is 29.2 Å². The van der Waals surface area contributed by atoms with Gasteiger partial charge in [0.25, 0.3) is 12.1 Å². The van der Waals surface area contributed by atoms with Crippen LogP contribution in [-0.2, 0) is 11.3 Å². The van der Waals surface area contributed by atoms with Crippen LogP contribution in [0.25, 0.3) is 0 Å². The molecule has 0 aromatic heterocycles. The van der Waals surface area contributed by atoms with E-state index >= 15 is 0 Å². The Labute approximate surface area is 117 Å². The minimum atomic E-state index is -2.48. The first kappa shape index (κ1) is 15.9. The molecule has 0 fully saturated rings. The Morgan fingerprint density at radius 2 is 2.21 bits per heavy atom. The average molecular weight is 339 g/mol. The summed E-state index contributed by atoms with van der Waals surface area (Å²) in [6.45, 7) is 0.163. The first-order valence-corrected chi connectivity index (χ1v) is 6.29. The highest BCUT2D eigenvalue weighted by Gasteiger charge is 2.13. The molecule has 0 bridgehead atoms. The van der Waals surface area contributed by atoms with Crippen LogP contribution in [0.3, 0.4) is 0 Å². The zero-order chi connectivity index (χ0) is 14.3. The fraction of sp³-hybridized carbons (Fsp3) is 0.455. The van der Waals surface area contributed by atoms with Gasteiger partial charge in [0.15, 0.2) is 0 Å². The predicted molar refractivity (Wildman–Crippen MR) is 69.3 cm³/mol. The van der Waals surface area contributed by atoms with Crippen LogP contribution < -0.4 is 5.32 Å². The Morgan fingerprint density at radius 1 is 1.47 bits per heavy atom. The van der Waals surface area contributed by atoms with Crippen LogP contribution in [-0.4, -0.2) is 31.1 Å². The summed E-state index contributed by atoms with van der Waals surface area (Å²) in [6, 6.07) is 4.76. The topological polar surface area (TPSA) is 64.4 Å². The molecule has 0 spiro atoms. The van der Waals surface area contributed by atoms with Crippen LogP contribution in [0.4, 0.5) is 14.5 Å². The van der Waals surface area contributed by atoms with E-state index in [1.165, 1.54) is 6.07 Å². The molecule has 0 saturated heterocycles. The molecular formula is C11H13BrF2N2O3. The van der Waals surface area contributed by atoms with Crippen molar-refractivity contribution >= 4 is 21.6 Å². The van der Waals surface area contributed by atoms with E-state index in [0.717, 1.165) is 0 Å². The Morgan fingerprint density at radius 3 is 2.84 bits per heavy atom. The summed E-state index contributed by atoms with van der Waals surface area (Å²) in [5.74, 6) is 0. The number of ether oxygens (including phenoxy) is 1. The van der Waals surface area contributed by atoms with Crippen molar-refractivity contribution in [3.05, 3.63) is 38.3 Å². The lowest BCUT2D eigenvalue weighted by Gasteiger charge is -2.07. The number of halogens is 3. The van der Waals surface area contributed by atoms with Crippen molar-refractivity contribution in [3.63, 3.8) is 0 Å². The molecule has 1 aromatic carbocycles. The Kier molecular flexibility index (Phi) is 6.82. The van der Waals surface area contributed by atoms with Crippen LogP contribution in [0.5, 0.6) is 0 Å². The van der Waals surface area contributed by atoms with Crippen LogP contribution in [0.2, 0.25) is 0 Å². The maximum Gasteiger partial charge on any atom is 0.275 e. The first-order chi connectivity index (χ1) is 9.00. The van der Waals surface area contributed by atoms with Gasteiger partial charge in [0.1, 0.15) is 6.61 Å². The molecule has 0 aliphatic carbocycles. The highest BCUT2D eigenvalue weighted by atomic mass is 79.9. The number of hydrogen-bond donors (Lipinski definition) is 1. The highest BCUT2D eigenvalue weighted by Crippen LogP contribution is 2.23. The van der Waals surface area contributed by atoms with E-state index in [4.69, 9.17) is 0 Å². The summed E-state index contributed by atoms with van der Waals surface area (Å²) < 4.78 is 28.8. The summed E-state index contributed by atoms with van der Waals surface area (Å²) in [6.07, 6.45) is -2.48. The largest absolute Gasteiger partial charge is 0.374 e. The number of nitrogens with zero attached hydrogens (tertiary/aromatic N) is 1. The Hall–Kier alpha value is -1.12. The minimum absolute atomic E-state index is 0.00961. The summed E-state index contributed by atoms with van der Waals surface area (Å²) in [5.41, 5.74) is 0.539. The van der Waals surface area contributed by atoms with Crippen molar-refractivity contribution in [1.82, 2.24) is 5.32 Å². The van der Waals surface area contributed by atoms with Gasteiger partial charge in [-0.3, -0.25) is 10.1 Å². The van der Waals surface area contributed by atoms with Crippen LogP contribution in [0.1, 0.15) is 5.56 Å². The van der Waals surface area contributed by atoms with Gasteiger partial charge in [0.2, 0.25) is 0 Å². The standard InChI is InChI=1S/C11H13BrF2N2O3/c12-9-2-1-8(10(5-9)16(17)18)6-15-3-4-19-7-11(13)14/h1-2,5,11,15H,3-4,6-7H2. The third kappa shape index (κ3) is 6.04. The molecule has 0 unspecified atom stereocenters. The van der Waals surface area contributed by atoms with Gasteiger partial charge in [-0.25, -0.2) is 8.78 Å². The molecule has 1 N–H and O–H groups in total. The molecule has 5 nitrogen and oxygen atoms in total. The smallest absolute Gasteiger partial charge is 0.275 e. The second-order valence-corrected chi connectivity index (χ2v) is 4.59. The first-order valence-electron chi connectivity index (χ1n) is 5.50.